The number of methoxy groups -OCH3 is 1. The van der Waals surface area contributed by atoms with E-state index in [1.165, 1.54) is 13.0 Å². The Morgan fingerprint density at radius 2 is 1.49 bits per heavy atom. The minimum Gasteiger partial charge on any atom is -0.507 e. The van der Waals surface area contributed by atoms with Gasteiger partial charge in [0.15, 0.2) is 41.0 Å². The van der Waals surface area contributed by atoms with E-state index >= 15 is 0 Å². The molecule has 2 saturated heterocycles. The molecular weight excluding hydrogens is 608 g/mol. The van der Waals surface area contributed by atoms with E-state index in [2.05, 4.69) is 0 Å². The first-order valence-corrected chi connectivity index (χ1v) is 13.5. The summed E-state index contributed by atoms with van der Waals surface area (Å²) in [5.74, 6) is -4.11. The lowest BCUT2D eigenvalue weighted by Gasteiger charge is -2.45. The predicted molar refractivity (Wildman–Crippen MR) is 147 cm³/mol. The van der Waals surface area contributed by atoms with Crippen LogP contribution in [0.5, 0.6) is 34.5 Å². The molecule has 0 unspecified atom stereocenters. The van der Waals surface area contributed by atoms with Gasteiger partial charge in [-0.2, -0.15) is 0 Å². The van der Waals surface area contributed by atoms with Gasteiger partial charge in [0.05, 0.1) is 19.8 Å². The van der Waals surface area contributed by atoms with Crippen LogP contribution in [0.3, 0.4) is 0 Å². The Morgan fingerprint density at radius 3 is 2.13 bits per heavy atom. The van der Waals surface area contributed by atoms with Gasteiger partial charge in [-0.1, -0.05) is 0 Å². The number of aromatic hydroxyl groups is 4. The van der Waals surface area contributed by atoms with Crippen molar-refractivity contribution in [3.63, 3.8) is 0 Å². The zero-order valence-corrected chi connectivity index (χ0v) is 23.6. The summed E-state index contributed by atoms with van der Waals surface area (Å²) in [6.07, 6.45) is -16.9. The molecule has 0 bridgehead atoms. The highest BCUT2D eigenvalue weighted by Crippen LogP contribution is 2.44. The highest BCUT2D eigenvalue weighted by molar-refractivity contribution is 5.93. The molecule has 2 aliphatic rings. The van der Waals surface area contributed by atoms with Gasteiger partial charge in [0.2, 0.25) is 23.2 Å². The Kier molecular flexibility index (Phi) is 9.00. The van der Waals surface area contributed by atoms with E-state index in [1.54, 1.807) is 0 Å². The van der Waals surface area contributed by atoms with Gasteiger partial charge in [-0.05, 0) is 25.1 Å². The van der Waals surface area contributed by atoms with Gasteiger partial charge in [-0.15, -0.1) is 0 Å². The zero-order chi connectivity index (χ0) is 32.9. The van der Waals surface area contributed by atoms with Crippen molar-refractivity contribution in [3.05, 3.63) is 34.5 Å². The molecule has 3 aromatic rings. The molecule has 5 rings (SSSR count). The van der Waals surface area contributed by atoms with Crippen molar-refractivity contribution < 1.29 is 79.2 Å². The summed E-state index contributed by atoms with van der Waals surface area (Å²) in [5.41, 5.74) is -1.64. The third-order valence-electron chi connectivity index (χ3n) is 7.64. The number of rotatable bonds is 7. The molecule has 10 N–H and O–H groups in total. The normalized spacial score (nSPS) is 32.0. The highest BCUT2D eigenvalue weighted by atomic mass is 16.8. The second-order valence-corrected chi connectivity index (χ2v) is 10.6. The molecule has 2 aromatic carbocycles. The van der Waals surface area contributed by atoms with Crippen LogP contribution in [-0.2, 0) is 14.2 Å². The van der Waals surface area contributed by atoms with Crippen LogP contribution >= 0.6 is 0 Å². The number of phenols is 4. The molecular formula is C28H32O17. The van der Waals surface area contributed by atoms with Crippen LogP contribution in [0.4, 0.5) is 0 Å². The summed E-state index contributed by atoms with van der Waals surface area (Å²) >= 11 is 0. The summed E-state index contributed by atoms with van der Waals surface area (Å²) in [7, 11) is 1.15. The molecule has 0 spiro atoms. The van der Waals surface area contributed by atoms with E-state index in [0.29, 0.717) is 0 Å². The Morgan fingerprint density at radius 1 is 0.778 bits per heavy atom. The summed E-state index contributed by atoms with van der Waals surface area (Å²) < 4.78 is 33.7. The molecule has 45 heavy (non-hydrogen) atoms. The number of benzene rings is 2. The molecule has 17 heteroatoms. The standard InChI is InChI=1S/C28H32O17/c1-8-16(34)19(37)21(39)27(41-8)45-26-20(38)17(35)14(7-29)42-28(26)44-25-18(36)15-12(32)6-13(33)23(40-2)24(15)43-22(25)9-3-4-10(30)11(31)5-9/h3-6,8,14,16-17,19-21,26-35,37-39H,7H2,1-2H3/t8-,14+,16-,17-,19+,20-,21+,26+,27-,28-/m0/s1. The molecule has 17 nitrogen and oxygen atoms in total. The fraction of sp³-hybridized carbons (Fsp3) is 0.464. The lowest BCUT2D eigenvalue weighted by Crippen LogP contribution is -2.64. The van der Waals surface area contributed by atoms with Crippen LogP contribution < -0.4 is 14.9 Å². The maximum atomic E-state index is 13.9. The molecule has 0 radical (unpaired) electrons. The average molecular weight is 641 g/mol. The molecule has 3 heterocycles. The van der Waals surface area contributed by atoms with Gasteiger partial charge in [0, 0.05) is 11.6 Å². The monoisotopic (exact) mass is 640 g/mol. The van der Waals surface area contributed by atoms with Crippen molar-refractivity contribution in [1.82, 2.24) is 0 Å². The predicted octanol–water partition coefficient (Wildman–Crippen LogP) is -1.68. The fourth-order valence-electron chi connectivity index (χ4n) is 5.15. The van der Waals surface area contributed by atoms with E-state index in [1.807, 2.05) is 0 Å². The molecule has 0 aliphatic carbocycles. The molecule has 2 aliphatic heterocycles. The number of fused-ring (bicyclic) bond motifs is 1. The Hall–Kier alpha value is -3.91. The quantitative estimate of drug-likeness (QED) is 0.129. The first kappa shape index (κ1) is 32.5. The minimum atomic E-state index is -1.94. The molecule has 246 valence electrons. The highest BCUT2D eigenvalue weighted by Gasteiger charge is 2.51. The number of phenolic OH excluding ortho intramolecular Hbond substituents is 4. The van der Waals surface area contributed by atoms with Gasteiger partial charge < -0.3 is 79.2 Å². The molecule has 1 aromatic heterocycles. The van der Waals surface area contributed by atoms with Crippen molar-refractivity contribution >= 4 is 11.0 Å². The average Bonchev–Trinajstić information content (AvgIpc) is 3.00. The third-order valence-corrected chi connectivity index (χ3v) is 7.64. The lowest BCUT2D eigenvalue weighted by molar-refractivity contribution is -0.354. The third kappa shape index (κ3) is 5.69. The van der Waals surface area contributed by atoms with Crippen molar-refractivity contribution in [2.45, 2.75) is 68.3 Å². The molecule has 10 atom stereocenters. The Bertz CT molecular complexity index is 1610. The summed E-state index contributed by atoms with van der Waals surface area (Å²) in [6, 6.07) is 4.07. The summed E-state index contributed by atoms with van der Waals surface area (Å²) in [5, 5.41) is 102. The summed E-state index contributed by atoms with van der Waals surface area (Å²) in [6.45, 7) is 0.518. The van der Waals surface area contributed by atoms with E-state index in [-0.39, 0.29) is 11.3 Å². The van der Waals surface area contributed by atoms with Crippen LogP contribution in [0.25, 0.3) is 22.3 Å². The van der Waals surface area contributed by atoms with E-state index in [9.17, 15) is 55.9 Å². The topological polar surface area (TPSA) is 279 Å². The molecule has 0 saturated carbocycles. The number of aliphatic hydroxyl groups excluding tert-OH is 6. The molecule has 0 amide bonds. The largest absolute Gasteiger partial charge is 0.507 e. The maximum absolute atomic E-state index is 13.9. The SMILES string of the molecule is COc1c(O)cc(O)c2c(=O)c(O[C@@H]3O[C@H](CO)[C@H](O)[C@H](O)[C@H]3O[C@@H]3O[C@@H](C)[C@H](O)[C@@H](O)[C@H]3O)c(-c3ccc(O)c(O)c3)oc12. The maximum Gasteiger partial charge on any atom is 0.239 e. The van der Waals surface area contributed by atoms with E-state index < -0.39 is 119 Å². The van der Waals surface area contributed by atoms with Gasteiger partial charge in [0.1, 0.15) is 47.8 Å². The van der Waals surface area contributed by atoms with Crippen molar-refractivity contribution in [2.24, 2.45) is 0 Å². The number of ether oxygens (including phenoxy) is 5. The Balaban J connectivity index is 1.66. The minimum absolute atomic E-state index is 0.0891. The van der Waals surface area contributed by atoms with Gasteiger partial charge >= 0.3 is 0 Å². The van der Waals surface area contributed by atoms with E-state index in [0.717, 1.165) is 25.3 Å². The number of hydrogen-bond donors (Lipinski definition) is 10. The van der Waals surface area contributed by atoms with Gasteiger partial charge in [-0.25, -0.2) is 0 Å². The Labute approximate surface area is 252 Å². The second-order valence-electron chi connectivity index (χ2n) is 10.6. The second kappa shape index (κ2) is 12.5. The van der Waals surface area contributed by atoms with Crippen molar-refractivity contribution in [1.29, 1.82) is 0 Å². The van der Waals surface area contributed by atoms with Gasteiger partial charge in [0.25, 0.3) is 0 Å². The fourth-order valence-corrected chi connectivity index (χ4v) is 5.15. The first-order valence-electron chi connectivity index (χ1n) is 13.5. The van der Waals surface area contributed by atoms with E-state index in [4.69, 9.17) is 28.1 Å². The smallest absolute Gasteiger partial charge is 0.239 e. The number of hydrogen-bond acceptors (Lipinski definition) is 17. The first-order chi connectivity index (χ1) is 21.3. The van der Waals surface area contributed by atoms with Crippen molar-refractivity contribution in [3.8, 4) is 45.8 Å². The zero-order valence-electron chi connectivity index (χ0n) is 23.6. The van der Waals surface area contributed by atoms with Crippen LogP contribution in [-0.4, -0.2) is 126 Å². The van der Waals surface area contributed by atoms with Crippen LogP contribution in [0.2, 0.25) is 0 Å². The van der Waals surface area contributed by atoms with Crippen molar-refractivity contribution in [2.75, 3.05) is 13.7 Å². The molecule has 2 fully saturated rings. The van der Waals surface area contributed by atoms with Crippen LogP contribution in [0.1, 0.15) is 6.92 Å². The van der Waals surface area contributed by atoms with Crippen LogP contribution in [0, 0.1) is 0 Å². The lowest BCUT2D eigenvalue weighted by atomic mass is 9.97. The number of aliphatic hydroxyl groups is 6. The van der Waals surface area contributed by atoms with Crippen LogP contribution in [0.15, 0.2) is 33.5 Å². The van der Waals surface area contributed by atoms with Gasteiger partial charge in [-0.3, -0.25) is 4.79 Å². The summed E-state index contributed by atoms with van der Waals surface area (Å²) in [4.78, 5) is 13.9.